The largest absolute Gasteiger partial charge is 0.352 e. The Hall–Kier alpha value is -5.36. The molecular weight excluding hydrogens is 580 g/mol. The number of rotatable bonds is 4. The molecule has 0 amide bonds. The van der Waals surface area contributed by atoms with Crippen molar-refractivity contribution >= 4 is 21.8 Å². The van der Waals surface area contributed by atoms with E-state index in [4.69, 9.17) is 4.98 Å². The average molecular weight is 619 g/mol. The van der Waals surface area contributed by atoms with E-state index in [-0.39, 0.29) is 28.9 Å². The second-order valence-corrected chi connectivity index (χ2v) is 14.4. The molecule has 2 heterocycles. The van der Waals surface area contributed by atoms with Gasteiger partial charge in [0.25, 0.3) is 5.56 Å². The van der Waals surface area contributed by atoms with Gasteiger partial charge in [0.15, 0.2) is 11.5 Å². The zero-order valence-electron chi connectivity index (χ0n) is 27.7. The smallest absolute Gasteiger partial charge is 0.290 e. The van der Waals surface area contributed by atoms with E-state index in [1.165, 1.54) is 15.7 Å². The van der Waals surface area contributed by atoms with Crippen molar-refractivity contribution in [3.8, 4) is 28.3 Å². The number of benzene rings is 5. The molecule has 6 heteroatoms. The van der Waals surface area contributed by atoms with Crippen LogP contribution in [0.25, 0.3) is 50.1 Å². The molecule has 6 nitrogen and oxygen atoms in total. The van der Waals surface area contributed by atoms with Crippen LogP contribution in [0.1, 0.15) is 58.2 Å². The molecule has 0 fully saturated rings. The zero-order chi connectivity index (χ0) is 33.1. The third-order valence-electron chi connectivity index (χ3n) is 8.94. The van der Waals surface area contributed by atoms with E-state index in [0.29, 0.717) is 5.52 Å². The standard InChI is InChI=1S/C41H38N4O2/c1-40(2,3)29-22-28(23-30(24-29)41(4,5)6)31-18-12-16-27-17-13-21-34(35(27)31)45-33-20-11-10-19-32(33)42-36-37(45)43-39(47)44(38(36)46)25-26-14-8-7-9-15-26/h7-24H,25H2,1-6H3. The number of para-hydroxylation sites is 2. The van der Waals surface area contributed by atoms with E-state index in [1.54, 1.807) is 0 Å². The summed E-state index contributed by atoms with van der Waals surface area (Å²) in [6.07, 6.45) is 0. The molecule has 0 spiro atoms. The predicted octanol–water partition coefficient (Wildman–Crippen LogP) is 8.51. The maximum absolute atomic E-state index is 14.0. The molecule has 0 atom stereocenters. The van der Waals surface area contributed by atoms with Crippen molar-refractivity contribution in [2.75, 3.05) is 0 Å². The van der Waals surface area contributed by atoms with E-state index < -0.39 is 11.2 Å². The molecule has 0 saturated heterocycles. The Kier molecular flexibility index (Phi) is 7.20. The lowest BCUT2D eigenvalue weighted by Crippen LogP contribution is -2.38. The molecule has 0 bridgehead atoms. The molecule has 0 radical (unpaired) electrons. The number of aromatic nitrogens is 4. The minimum Gasteiger partial charge on any atom is -0.290 e. The molecular formula is C41H38N4O2. The van der Waals surface area contributed by atoms with Crippen LogP contribution in [0.2, 0.25) is 0 Å². The molecule has 0 aromatic heterocycles. The molecule has 0 N–H and O–H groups in total. The fourth-order valence-corrected chi connectivity index (χ4v) is 6.30. The van der Waals surface area contributed by atoms with Crippen molar-refractivity contribution in [1.29, 1.82) is 0 Å². The molecule has 47 heavy (non-hydrogen) atoms. The Balaban J connectivity index is 1.57. The van der Waals surface area contributed by atoms with E-state index in [9.17, 15) is 9.59 Å². The van der Waals surface area contributed by atoms with Crippen LogP contribution in [-0.2, 0) is 17.4 Å². The molecule has 0 aliphatic carbocycles. The average Bonchev–Trinajstić information content (AvgIpc) is 3.05. The maximum atomic E-state index is 14.0. The zero-order valence-corrected chi connectivity index (χ0v) is 27.7. The Bertz CT molecular complexity index is 2350. The summed E-state index contributed by atoms with van der Waals surface area (Å²) in [4.78, 5) is 37.0. The summed E-state index contributed by atoms with van der Waals surface area (Å²) >= 11 is 0. The summed E-state index contributed by atoms with van der Waals surface area (Å²) < 4.78 is 3.11. The highest BCUT2D eigenvalue weighted by atomic mass is 16.2. The second-order valence-electron chi connectivity index (χ2n) is 14.4. The summed E-state index contributed by atoms with van der Waals surface area (Å²) in [7, 11) is 0. The summed E-state index contributed by atoms with van der Waals surface area (Å²) in [5.41, 5.74) is 6.75. The number of fused-ring (bicyclic) bond motifs is 3. The monoisotopic (exact) mass is 618 g/mol. The highest BCUT2D eigenvalue weighted by molar-refractivity contribution is 6.04. The van der Waals surface area contributed by atoms with Crippen LogP contribution >= 0.6 is 0 Å². The van der Waals surface area contributed by atoms with E-state index in [0.717, 1.165) is 38.7 Å². The molecule has 234 valence electrons. The minimum atomic E-state index is -0.606. The predicted molar refractivity (Wildman–Crippen MR) is 192 cm³/mol. The van der Waals surface area contributed by atoms with Gasteiger partial charge in [-0.15, -0.1) is 0 Å². The van der Waals surface area contributed by atoms with Crippen LogP contribution in [0.15, 0.2) is 119 Å². The van der Waals surface area contributed by atoms with Crippen molar-refractivity contribution in [2.24, 2.45) is 0 Å². The lowest BCUT2D eigenvalue weighted by Gasteiger charge is -2.27. The summed E-state index contributed by atoms with van der Waals surface area (Å²) in [5.74, 6) is 0.240. The number of nitrogens with zero attached hydrogens (tertiary/aromatic N) is 4. The van der Waals surface area contributed by atoms with Gasteiger partial charge in [-0.3, -0.25) is 13.9 Å². The van der Waals surface area contributed by atoms with Crippen molar-refractivity contribution < 1.29 is 0 Å². The van der Waals surface area contributed by atoms with Crippen LogP contribution in [-0.4, -0.2) is 19.1 Å². The first kappa shape index (κ1) is 30.3. The van der Waals surface area contributed by atoms with Crippen molar-refractivity contribution in [3.05, 3.63) is 147 Å². The maximum Gasteiger partial charge on any atom is 0.352 e. The van der Waals surface area contributed by atoms with Crippen LogP contribution < -0.4 is 11.2 Å². The molecule has 0 unspecified atom stereocenters. The first-order chi connectivity index (χ1) is 22.4. The fourth-order valence-electron chi connectivity index (χ4n) is 6.30. The van der Waals surface area contributed by atoms with E-state index in [1.807, 2.05) is 71.3 Å². The fraction of sp³-hybridized carbons (Fsp3) is 0.220. The lowest BCUT2D eigenvalue weighted by atomic mass is 9.78. The van der Waals surface area contributed by atoms with Crippen LogP contribution in [0.5, 0.6) is 0 Å². The molecule has 0 saturated carbocycles. The molecule has 2 aliphatic heterocycles. The lowest BCUT2D eigenvalue weighted by molar-refractivity contribution is 0.569. The Labute approximate surface area is 274 Å². The van der Waals surface area contributed by atoms with Gasteiger partial charge in [0, 0.05) is 5.39 Å². The second kappa shape index (κ2) is 11.2. The first-order valence-corrected chi connectivity index (χ1v) is 16.0. The summed E-state index contributed by atoms with van der Waals surface area (Å²) in [6, 6.07) is 36.6. The van der Waals surface area contributed by atoms with Crippen LogP contribution in [0.4, 0.5) is 0 Å². The summed E-state index contributed by atoms with van der Waals surface area (Å²) in [5, 5.41) is 2.05. The molecule has 7 rings (SSSR count). The van der Waals surface area contributed by atoms with Gasteiger partial charge in [-0.25, -0.2) is 9.78 Å². The van der Waals surface area contributed by atoms with Gasteiger partial charge < -0.3 is 0 Å². The topological polar surface area (TPSA) is 69.8 Å². The Morgan fingerprint density at radius 2 is 1.30 bits per heavy atom. The van der Waals surface area contributed by atoms with Gasteiger partial charge in [-0.1, -0.05) is 133 Å². The summed E-state index contributed by atoms with van der Waals surface area (Å²) in [6.45, 7) is 13.6. The number of hydrogen-bond acceptors (Lipinski definition) is 4. The van der Waals surface area contributed by atoms with Crippen LogP contribution in [0.3, 0.4) is 0 Å². The normalized spacial score (nSPS) is 12.3. The van der Waals surface area contributed by atoms with Gasteiger partial charge in [-0.05, 0) is 62.2 Å². The third kappa shape index (κ3) is 5.44. The highest BCUT2D eigenvalue weighted by Crippen LogP contribution is 2.39. The van der Waals surface area contributed by atoms with Gasteiger partial charge in [0.1, 0.15) is 0 Å². The van der Waals surface area contributed by atoms with Crippen molar-refractivity contribution in [2.45, 2.75) is 58.9 Å². The van der Waals surface area contributed by atoms with Gasteiger partial charge in [0.2, 0.25) is 0 Å². The highest BCUT2D eigenvalue weighted by Gasteiger charge is 2.25. The minimum absolute atomic E-state index is 0.0518. The molecule has 5 aromatic rings. The third-order valence-corrected chi connectivity index (χ3v) is 8.94. The Morgan fingerprint density at radius 1 is 0.660 bits per heavy atom. The van der Waals surface area contributed by atoms with Gasteiger partial charge in [0.05, 0.1) is 23.3 Å². The van der Waals surface area contributed by atoms with E-state index in [2.05, 4.69) is 89.0 Å². The van der Waals surface area contributed by atoms with Crippen LogP contribution in [0, 0.1) is 0 Å². The van der Waals surface area contributed by atoms with Crippen molar-refractivity contribution in [3.63, 3.8) is 0 Å². The Morgan fingerprint density at radius 3 is 1.98 bits per heavy atom. The van der Waals surface area contributed by atoms with E-state index >= 15 is 0 Å². The van der Waals surface area contributed by atoms with Gasteiger partial charge >= 0.3 is 5.69 Å². The van der Waals surface area contributed by atoms with Crippen molar-refractivity contribution in [1.82, 2.24) is 19.1 Å². The molecule has 2 aliphatic rings. The molecule has 5 aromatic carbocycles. The first-order valence-electron chi connectivity index (χ1n) is 16.0. The quantitative estimate of drug-likeness (QED) is 0.186. The van der Waals surface area contributed by atoms with Gasteiger partial charge in [-0.2, -0.15) is 4.98 Å². The number of hydrogen-bond donors (Lipinski definition) is 0. The SMILES string of the molecule is CC(C)(C)c1cc(-c2cccc3cccc(-n4c5nc(=O)n(Cc6ccccc6)c(=O)c-5nc5ccccc54)c23)cc(C(C)(C)C)c1.